The highest BCUT2D eigenvalue weighted by Crippen LogP contribution is 2.34. The van der Waals surface area contributed by atoms with Crippen LogP contribution < -0.4 is 5.32 Å². The molecule has 16 nitrogen and oxygen atoms in total. The molecule has 0 bridgehead atoms. The lowest BCUT2D eigenvalue weighted by molar-refractivity contribution is -0.324. The van der Waals surface area contributed by atoms with Gasteiger partial charge in [0.25, 0.3) is 9.70 Å². The van der Waals surface area contributed by atoms with Crippen LogP contribution in [0.2, 0.25) is 0 Å². The number of ether oxygens (including phenoxy) is 10. The van der Waals surface area contributed by atoms with Crippen LogP contribution in [0.25, 0.3) is 0 Å². The Kier molecular flexibility index (Phi) is 18.3. The summed E-state index contributed by atoms with van der Waals surface area (Å²) in [4.78, 5) is 62.6. The lowest BCUT2D eigenvalue weighted by atomic mass is 9.96. The lowest BCUT2D eigenvalue weighted by Gasteiger charge is -2.47. The van der Waals surface area contributed by atoms with Gasteiger partial charge in [0.2, 0.25) is 0 Å². The number of hydrogen-bond donors (Lipinski definition) is 1. The van der Waals surface area contributed by atoms with Crippen molar-refractivity contribution in [3.05, 3.63) is 108 Å². The van der Waals surface area contributed by atoms with Crippen molar-refractivity contribution in [2.75, 3.05) is 13.2 Å². The molecule has 1 amide bonds. The number of hydrogen-bond acceptors (Lipinski definition) is 15. The highest BCUT2D eigenvalue weighted by atomic mass is 35.6. The third-order valence-corrected chi connectivity index (χ3v) is 9.91. The summed E-state index contributed by atoms with van der Waals surface area (Å²) in [5.74, 6) is -4.18. The summed E-state index contributed by atoms with van der Waals surface area (Å²) in [5.41, 5.74) is 2.38. The zero-order chi connectivity index (χ0) is 44.8. The molecule has 2 aliphatic rings. The summed E-state index contributed by atoms with van der Waals surface area (Å²) in [5, 5.41) is 2.63. The molecule has 10 atom stereocenters. The minimum atomic E-state index is -2.42. The Morgan fingerprint density at radius 2 is 0.952 bits per heavy atom. The number of carbonyl (C=O) groups excluding carboxylic acids is 5. The van der Waals surface area contributed by atoms with E-state index < -0.39 is 108 Å². The van der Waals surface area contributed by atoms with E-state index in [4.69, 9.17) is 82.2 Å². The van der Waals surface area contributed by atoms with Crippen molar-refractivity contribution >= 4 is 64.6 Å². The molecule has 0 unspecified atom stereocenters. The van der Waals surface area contributed by atoms with Crippen LogP contribution >= 0.6 is 34.8 Å². The zero-order valence-corrected chi connectivity index (χ0v) is 36.5. The fourth-order valence-corrected chi connectivity index (χ4v) is 6.93. The first-order valence-corrected chi connectivity index (χ1v) is 20.6. The predicted molar refractivity (Wildman–Crippen MR) is 220 cm³/mol. The number of rotatable bonds is 18. The standard InChI is InChI=1S/C43H48Cl3NO15/c1-25(48)53-23-33-35(58-26(2)49)37(59-27(3)50)39(60-28(4)51)41(62-33)57-24-32-34(54-20-29-14-8-5-9-15-29)36(55-21-30-16-10-6-11-17-30)38(56-22-31-18-12-7-13-19-31)40(61-32)47-42(52)43(44,45)46/h5-19,32-41H,20-24H2,1-4H3,(H,47,52)/t32-,33-,34-,35-,36+,37+,38-,39-,40+,41+/m1/s1. The molecule has 2 heterocycles. The quantitative estimate of drug-likeness (QED) is 0.101. The third kappa shape index (κ3) is 14.6. The highest BCUT2D eigenvalue weighted by Gasteiger charge is 2.55. The SMILES string of the molecule is CC(=O)OC[C@H]1O[C@H](OC[C@H]2O[C@H](NC(=O)C(Cl)(Cl)Cl)[C@H](OCc3ccccc3)[C@@H](OCc3ccccc3)[C@@H]2OCc2ccccc2)[C@H](OC(C)=O)[C@@H](OC(C)=O)[C@@H]1OC(C)=O. The molecule has 3 aromatic rings. The van der Waals surface area contributed by atoms with Crippen molar-refractivity contribution in [3.8, 4) is 0 Å². The fraction of sp³-hybridized carbons (Fsp3) is 0.465. The smallest absolute Gasteiger partial charge is 0.303 e. The molecular weight excluding hydrogens is 877 g/mol. The maximum absolute atomic E-state index is 13.3. The number of carbonyl (C=O) groups is 5. The second-order valence-electron chi connectivity index (χ2n) is 14.3. The Hall–Kier alpha value is -4.36. The van der Waals surface area contributed by atoms with Crippen molar-refractivity contribution in [2.24, 2.45) is 0 Å². The van der Waals surface area contributed by atoms with Crippen molar-refractivity contribution in [1.29, 1.82) is 0 Å². The summed E-state index contributed by atoms with van der Waals surface area (Å²) >= 11 is 18.1. The molecule has 0 spiro atoms. The summed E-state index contributed by atoms with van der Waals surface area (Å²) in [6.07, 6.45) is -13.1. The second-order valence-corrected chi connectivity index (χ2v) is 16.5. The normalized spacial score (nSPS) is 26.1. The van der Waals surface area contributed by atoms with Crippen LogP contribution in [0.1, 0.15) is 44.4 Å². The Morgan fingerprint density at radius 3 is 1.42 bits per heavy atom. The van der Waals surface area contributed by atoms with Gasteiger partial charge in [0, 0.05) is 27.7 Å². The average molecular weight is 925 g/mol. The average Bonchev–Trinajstić information content (AvgIpc) is 3.22. The van der Waals surface area contributed by atoms with E-state index in [1.807, 2.05) is 91.0 Å². The molecule has 2 aliphatic heterocycles. The summed E-state index contributed by atoms with van der Waals surface area (Å²) < 4.78 is 58.4. The van der Waals surface area contributed by atoms with E-state index in [2.05, 4.69) is 5.32 Å². The first kappa shape index (κ1) is 48.7. The molecule has 0 saturated carbocycles. The first-order chi connectivity index (χ1) is 29.6. The van der Waals surface area contributed by atoms with Crippen LogP contribution in [0.5, 0.6) is 0 Å². The van der Waals surface area contributed by atoms with Crippen LogP contribution in [0.4, 0.5) is 0 Å². The largest absolute Gasteiger partial charge is 0.463 e. The van der Waals surface area contributed by atoms with Gasteiger partial charge in [-0.3, -0.25) is 24.0 Å². The lowest BCUT2D eigenvalue weighted by Crippen LogP contribution is -2.66. The number of alkyl halides is 3. The highest BCUT2D eigenvalue weighted by molar-refractivity contribution is 6.76. The van der Waals surface area contributed by atoms with E-state index in [1.165, 1.54) is 0 Å². The van der Waals surface area contributed by atoms with Gasteiger partial charge in [0.1, 0.15) is 37.1 Å². The van der Waals surface area contributed by atoms with E-state index in [9.17, 15) is 24.0 Å². The first-order valence-electron chi connectivity index (χ1n) is 19.5. The van der Waals surface area contributed by atoms with Crippen LogP contribution in [0.15, 0.2) is 91.0 Å². The van der Waals surface area contributed by atoms with Crippen LogP contribution in [-0.4, -0.2) is 108 Å². The van der Waals surface area contributed by atoms with Gasteiger partial charge in [0.05, 0.1) is 26.4 Å². The molecule has 1 N–H and O–H groups in total. The van der Waals surface area contributed by atoms with E-state index in [-0.39, 0.29) is 19.8 Å². The molecule has 0 aliphatic carbocycles. The van der Waals surface area contributed by atoms with Crippen molar-refractivity contribution in [1.82, 2.24) is 5.32 Å². The van der Waals surface area contributed by atoms with Gasteiger partial charge in [-0.2, -0.15) is 0 Å². The topological polar surface area (TPSA) is 190 Å². The molecule has 19 heteroatoms. The molecule has 2 saturated heterocycles. The number of nitrogens with one attached hydrogen (secondary N) is 1. The zero-order valence-electron chi connectivity index (χ0n) is 34.2. The Balaban J connectivity index is 1.56. The van der Waals surface area contributed by atoms with Crippen LogP contribution in [0, 0.1) is 0 Å². The molecule has 62 heavy (non-hydrogen) atoms. The Labute approximate surface area is 373 Å². The van der Waals surface area contributed by atoms with Crippen LogP contribution in [-0.2, 0) is 91.2 Å². The minimum absolute atomic E-state index is 0.0392. The maximum Gasteiger partial charge on any atom is 0.303 e. The van der Waals surface area contributed by atoms with Gasteiger partial charge in [0.15, 0.2) is 30.8 Å². The van der Waals surface area contributed by atoms with Crippen LogP contribution in [0.3, 0.4) is 0 Å². The molecular formula is C43H48Cl3NO15. The van der Waals surface area contributed by atoms with E-state index in [1.54, 1.807) is 0 Å². The van der Waals surface area contributed by atoms with Gasteiger partial charge in [-0.05, 0) is 16.7 Å². The van der Waals surface area contributed by atoms with Gasteiger partial charge in [-0.25, -0.2) is 0 Å². The summed E-state index contributed by atoms with van der Waals surface area (Å²) in [7, 11) is 0. The van der Waals surface area contributed by atoms with E-state index >= 15 is 0 Å². The summed E-state index contributed by atoms with van der Waals surface area (Å²) in [6.45, 7) is 3.68. The molecule has 5 rings (SSSR count). The van der Waals surface area contributed by atoms with Gasteiger partial charge < -0.3 is 52.7 Å². The van der Waals surface area contributed by atoms with E-state index in [0.29, 0.717) is 0 Å². The molecule has 3 aromatic carbocycles. The van der Waals surface area contributed by atoms with Gasteiger partial charge in [-0.15, -0.1) is 0 Å². The maximum atomic E-state index is 13.3. The monoisotopic (exact) mass is 923 g/mol. The van der Waals surface area contributed by atoms with E-state index in [0.717, 1.165) is 44.4 Å². The minimum Gasteiger partial charge on any atom is -0.463 e. The molecule has 0 aromatic heterocycles. The number of esters is 4. The third-order valence-electron chi connectivity index (χ3n) is 9.39. The van der Waals surface area contributed by atoms with Crippen molar-refractivity contribution in [3.63, 3.8) is 0 Å². The summed E-state index contributed by atoms with van der Waals surface area (Å²) in [6, 6.07) is 27.8. The Morgan fingerprint density at radius 1 is 0.516 bits per heavy atom. The second kappa shape index (κ2) is 23.4. The number of halogens is 3. The molecule has 0 radical (unpaired) electrons. The number of benzene rings is 3. The molecule has 2 fully saturated rings. The molecule has 336 valence electrons. The van der Waals surface area contributed by atoms with Gasteiger partial charge in [-0.1, -0.05) is 126 Å². The van der Waals surface area contributed by atoms with Crippen molar-refractivity contribution < 1.29 is 71.3 Å². The van der Waals surface area contributed by atoms with Crippen molar-refractivity contribution in [2.45, 2.75) is 113 Å². The predicted octanol–water partition coefficient (Wildman–Crippen LogP) is 5.05. The Bertz CT molecular complexity index is 1920. The fourth-order valence-electron chi connectivity index (χ4n) is 6.76. The van der Waals surface area contributed by atoms with Gasteiger partial charge >= 0.3 is 23.9 Å². The number of amides is 1.